The molecule has 0 bridgehead atoms. The van der Waals surface area contributed by atoms with E-state index in [1.165, 1.54) is 29.4 Å². The third-order valence-electron chi connectivity index (χ3n) is 5.21. The SMILES string of the molecule is Cc1ccc(-n2c(C(C)Nc3ncnc4nc[nH]c34)nc3ccc(F)c(Cl)c3c2=O)cc1. The molecule has 0 saturated heterocycles. The van der Waals surface area contributed by atoms with Crippen LogP contribution in [0, 0.1) is 12.7 Å². The van der Waals surface area contributed by atoms with Crippen LogP contribution in [-0.2, 0) is 0 Å². The lowest BCUT2D eigenvalue weighted by Gasteiger charge is -2.20. The van der Waals surface area contributed by atoms with Gasteiger partial charge in [-0.3, -0.25) is 9.36 Å². The molecule has 1 unspecified atom stereocenters. The van der Waals surface area contributed by atoms with Crippen LogP contribution < -0.4 is 10.9 Å². The zero-order chi connectivity index (χ0) is 22.4. The normalized spacial score (nSPS) is 12.4. The highest BCUT2D eigenvalue weighted by atomic mass is 35.5. The minimum Gasteiger partial charge on any atom is -0.358 e. The average Bonchev–Trinajstić information content (AvgIpc) is 3.27. The van der Waals surface area contributed by atoms with Crippen LogP contribution in [0.5, 0.6) is 0 Å². The van der Waals surface area contributed by atoms with Crippen molar-refractivity contribution in [2.24, 2.45) is 0 Å². The Morgan fingerprint density at radius 3 is 2.69 bits per heavy atom. The topological polar surface area (TPSA) is 101 Å². The van der Waals surface area contributed by atoms with Crippen LogP contribution in [0.1, 0.15) is 24.4 Å². The molecule has 0 radical (unpaired) electrons. The molecule has 0 aliphatic heterocycles. The summed E-state index contributed by atoms with van der Waals surface area (Å²) in [6.45, 7) is 3.81. The van der Waals surface area contributed by atoms with Crippen LogP contribution in [0.2, 0.25) is 5.02 Å². The maximum Gasteiger partial charge on any atom is 0.267 e. The van der Waals surface area contributed by atoms with E-state index >= 15 is 0 Å². The molecule has 0 fully saturated rings. The number of halogens is 2. The first-order valence-electron chi connectivity index (χ1n) is 9.82. The minimum atomic E-state index is -0.671. The summed E-state index contributed by atoms with van der Waals surface area (Å²) in [5.41, 5.74) is 2.63. The standard InChI is InChI=1S/C22H17ClFN7O/c1-11-3-5-13(6-4-11)31-21(30-15-8-7-14(24)17(23)16(15)22(31)32)12(2)29-20-18-19(26-9-25-18)27-10-28-20/h3-10,12H,1-2H3,(H2,25,26,27,28,29). The molecule has 5 aromatic rings. The summed E-state index contributed by atoms with van der Waals surface area (Å²) in [7, 11) is 0. The van der Waals surface area contributed by atoms with Gasteiger partial charge in [-0.05, 0) is 38.1 Å². The number of benzene rings is 2. The summed E-state index contributed by atoms with van der Waals surface area (Å²) in [6.07, 6.45) is 2.93. The second kappa shape index (κ2) is 7.69. The van der Waals surface area contributed by atoms with Gasteiger partial charge in [0, 0.05) is 0 Å². The van der Waals surface area contributed by atoms with E-state index in [9.17, 15) is 9.18 Å². The molecular formula is C22H17ClFN7O. The average molecular weight is 450 g/mol. The molecule has 2 N–H and O–H groups in total. The summed E-state index contributed by atoms with van der Waals surface area (Å²) in [4.78, 5) is 33.8. The van der Waals surface area contributed by atoms with Crippen LogP contribution >= 0.6 is 11.6 Å². The Hall–Kier alpha value is -3.85. The zero-order valence-electron chi connectivity index (χ0n) is 17.1. The van der Waals surface area contributed by atoms with Gasteiger partial charge < -0.3 is 10.3 Å². The fourth-order valence-corrected chi connectivity index (χ4v) is 3.84. The molecule has 0 spiro atoms. The highest BCUT2D eigenvalue weighted by Crippen LogP contribution is 2.27. The molecule has 3 aromatic heterocycles. The Kier molecular flexibility index (Phi) is 4.82. The molecule has 2 aromatic carbocycles. The van der Waals surface area contributed by atoms with Gasteiger partial charge in [0.05, 0.1) is 34.0 Å². The minimum absolute atomic E-state index is 0.0289. The van der Waals surface area contributed by atoms with E-state index in [1.807, 2.05) is 38.1 Å². The number of aromatic nitrogens is 6. The molecule has 0 aliphatic carbocycles. The molecule has 0 amide bonds. The van der Waals surface area contributed by atoms with Crippen LogP contribution in [-0.4, -0.2) is 29.5 Å². The number of hydrogen-bond donors (Lipinski definition) is 2. The van der Waals surface area contributed by atoms with E-state index in [4.69, 9.17) is 11.6 Å². The highest BCUT2D eigenvalue weighted by molar-refractivity contribution is 6.35. The van der Waals surface area contributed by atoms with Gasteiger partial charge in [-0.1, -0.05) is 29.3 Å². The highest BCUT2D eigenvalue weighted by Gasteiger charge is 2.22. The molecule has 0 aliphatic rings. The second-order valence-electron chi connectivity index (χ2n) is 7.39. The molecule has 0 saturated carbocycles. The van der Waals surface area contributed by atoms with E-state index in [0.717, 1.165) is 5.56 Å². The smallest absolute Gasteiger partial charge is 0.267 e. The molecule has 1 atom stereocenters. The van der Waals surface area contributed by atoms with Crippen molar-refractivity contribution in [3.63, 3.8) is 0 Å². The van der Waals surface area contributed by atoms with E-state index < -0.39 is 17.4 Å². The number of aromatic amines is 1. The van der Waals surface area contributed by atoms with Crippen molar-refractivity contribution in [2.45, 2.75) is 19.9 Å². The van der Waals surface area contributed by atoms with E-state index in [1.54, 1.807) is 0 Å². The second-order valence-corrected chi connectivity index (χ2v) is 7.77. The monoisotopic (exact) mass is 449 g/mol. The summed E-state index contributed by atoms with van der Waals surface area (Å²) in [6, 6.07) is 9.59. The number of nitrogens with zero attached hydrogens (tertiary/aromatic N) is 5. The fraction of sp³-hybridized carbons (Fsp3) is 0.136. The van der Waals surface area contributed by atoms with Crippen molar-refractivity contribution >= 4 is 39.5 Å². The molecule has 8 nitrogen and oxygen atoms in total. The fourth-order valence-electron chi connectivity index (χ4n) is 3.60. The lowest BCUT2D eigenvalue weighted by molar-refractivity contribution is 0.629. The lowest BCUT2D eigenvalue weighted by Crippen LogP contribution is -2.27. The van der Waals surface area contributed by atoms with Crippen molar-refractivity contribution < 1.29 is 4.39 Å². The van der Waals surface area contributed by atoms with Crippen LogP contribution in [0.3, 0.4) is 0 Å². The Labute approximate surface area is 186 Å². The number of aryl methyl sites for hydroxylation is 1. The molecule has 10 heteroatoms. The Bertz CT molecular complexity index is 1530. The predicted molar refractivity (Wildman–Crippen MR) is 121 cm³/mol. The van der Waals surface area contributed by atoms with Gasteiger partial charge in [-0.25, -0.2) is 24.3 Å². The third kappa shape index (κ3) is 3.27. The van der Waals surface area contributed by atoms with Crippen LogP contribution in [0.25, 0.3) is 27.8 Å². The maximum absolute atomic E-state index is 14.1. The van der Waals surface area contributed by atoms with Crippen molar-refractivity contribution in [3.05, 3.63) is 81.6 Å². The van der Waals surface area contributed by atoms with Crippen molar-refractivity contribution in [3.8, 4) is 5.69 Å². The van der Waals surface area contributed by atoms with Gasteiger partial charge in [-0.15, -0.1) is 0 Å². The summed E-state index contributed by atoms with van der Waals surface area (Å²) in [5.74, 6) is 0.261. The van der Waals surface area contributed by atoms with Crippen molar-refractivity contribution in [1.82, 2.24) is 29.5 Å². The van der Waals surface area contributed by atoms with Crippen molar-refractivity contribution in [2.75, 3.05) is 5.32 Å². The number of fused-ring (bicyclic) bond motifs is 2. The Morgan fingerprint density at radius 2 is 1.91 bits per heavy atom. The zero-order valence-corrected chi connectivity index (χ0v) is 17.9. The van der Waals surface area contributed by atoms with Gasteiger partial charge in [0.1, 0.15) is 23.5 Å². The summed E-state index contributed by atoms with van der Waals surface area (Å²) in [5, 5.41) is 3.06. The first-order chi connectivity index (χ1) is 15.4. The van der Waals surface area contributed by atoms with Gasteiger partial charge in [-0.2, -0.15) is 0 Å². The predicted octanol–water partition coefficient (Wildman–Crippen LogP) is 4.33. The maximum atomic E-state index is 14.1. The van der Waals surface area contributed by atoms with Gasteiger partial charge in [0.15, 0.2) is 11.5 Å². The number of imidazole rings is 1. The van der Waals surface area contributed by atoms with E-state index in [-0.39, 0.29) is 10.4 Å². The molecular weight excluding hydrogens is 433 g/mol. The van der Waals surface area contributed by atoms with Gasteiger partial charge >= 0.3 is 0 Å². The van der Waals surface area contributed by atoms with Crippen LogP contribution in [0.15, 0.2) is 53.8 Å². The molecule has 5 rings (SSSR count). The summed E-state index contributed by atoms with van der Waals surface area (Å²) >= 11 is 6.16. The van der Waals surface area contributed by atoms with Gasteiger partial charge in [0.25, 0.3) is 5.56 Å². The Balaban J connectivity index is 1.73. The quantitative estimate of drug-likeness (QED) is 0.423. The van der Waals surface area contributed by atoms with Crippen molar-refractivity contribution in [1.29, 1.82) is 0 Å². The number of H-pyrrole nitrogens is 1. The van der Waals surface area contributed by atoms with E-state index in [2.05, 4.69) is 30.2 Å². The van der Waals surface area contributed by atoms with Crippen LogP contribution in [0.4, 0.5) is 10.2 Å². The number of rotatable bonds is 4. The summed E-state index contributed by atoms with van der Waals surface area (Å²) < 4.78 is 15.6. The Morgan fingerprint density at radius 1 is 1.12 bits per heavy atom. The van der Waals surface area contributed by atoms with E-state index in [0.29, 0.717) is 34.0 Å². The molecule has 32 heavy (non-hydrogen) atoms. The first-order valence-corrected chi connectivity index (χ1v) is 10.2. The number of hydrogen-bond acceptors (Lipinski definition) is 6. The number of nitrogens with one attached hydrogen (secondary N) is 2. The lowest BCUT2D eigenvalue weighted by atomic mass is 10.1. The van der Waals surface area contributed by atoms with Gasteiger partial charge in [0.2, 0.25) is 0 Å². The molecule has 3 heterocycles. The largest absolute Gasteiger partial charge is 0.358 e. The molecule has 160 valence electrons. The first kappa shape index (κ1) is 20.1. The third-order valence-corrected chi connectivity index (χ3v) is 5.58. The number of anilines is 1.